The zero-order valence-electron chi connectivity index (χ0n) is 14.6. The van der Waals surface area contributed by atoms with Crippen LogP contribution in [0.3, 0.4) is 0 Å². The van der Waals surface area contributed by atoms with Crippen LogP contribution in [0.25, 0.3) is 0 Å². The highest BCUT2D eigenvalue weighted by molar-refractivity contribution is 8.15. The van der Waals surface area contributed by atoms with Crippen LogP contribution in [0.1, 0.15) is 19.3 Å². The Labute approximate surface area is 163 Å². The van der Waals surface area contributed by atoms with E-state index >= 15 is 0 Å². The Hall–Kier alpha value is -2.27. The topological polar surface area (TPSA) is 89.0 Å². The summed E-state index contributed by atoms with van der Waals surface area (Å²) < 4.78 is 45.7. The van der Waals surface area contributed by atoms with Crippen LogP contribution in [-0.4, -0.2) is 47.8 Å². The number of anilines is 1. The summed E-state index contributed by atoms with van der Waals surface area (Å²) in [5, 5.41) is 5.03. The van der Waals surface area contributed by atoms with Gasteiger partial charge in [0, 0.05) is 18.7 Å². The maximum absolute atomic E-state index is 12.1. The van der Waals surface area contributed by atoms with Crippen molar-refractivity contribution in [2.45, 2.75) is 37.0 Å². The summed E-state index contributed by atoms with van der Waals surface area (Å²) >= 11 is 1.18. The van der Waals surface area contributed by atoms with Gasteiger partial charge in [-0.05, 0) is 37.1 Å². The molecule has 0 spiro atoms. The van der Waals surface area contributed by atoms with Crippen LogP contribution >= 0.6 is 11.8 Å². The molecule has 0 saturated carbocycles. The van der Waals surface area contributed by atoms with Gasteiger partial charge in [0.1, 0.15) is 11.0 Å². The Bertz CT molecular complexity index is 749. The van der Waals surface area contributed by atoms with E-state index in [2.05, 4.69) is 20.4 Å². The van der Waals surface area contributed by atoms with E-state index in [0.717, 1.165) is 31.6 Å². The molecule has 11 heteroatoms. The fourth-order valence-corrected chi connectivity index (χ4v) is 3.69. The first-order valence-electron chi connectivity index (χ1n) is 8.58. The van der Waals surface area contributed by atoms with Gasteiger partial charge in [-0.1, -0.05) is 11.8 Å². The number of ether oxygens (including phenoxy) is 2. The first-order chi connectivity index (χ1) is 13.3. The van der Waals surface area contributed by atoms with Gasteiger partial charge >= 0.3 is 6.36 Å². The molecule has 1 aromatic rings. The van der Waals surface area contributed by atoms with Gasteiger partial charge in [0.15, 0.2) is 5.17 Å². The van der Waals surface area contributed by atoms with Gasteiger partial charge in [0.05, 0.1) is 12.6 Å². The molecule has 0 bridgehead atoms. The molecular formula is C17H18F3N3O4S. The number of rotatable bonds is 6. The van der Waals surface area contributed by atoms with Crippen molar-refractivity contribution in [2.75, 3.05) is 18.5 Å². The highest BCUT2D eigenvalue weighted by atomic mass is 32.2. The van der Waals surface area contributed by atoms with Crippen molar-refractivity contribution in [3.8, 4) is 5.75 Å². The molecular weight excluding hydrogens is 399 g/mol. The fourth-order valence-electron chi connectivity index (χ4n) is 2.71. The quantitative estimate of drug-likeness (QED) is 0.743. The van der Waals surface area contributed by atoms with E-state index in [-0.39, 0.29) is 24.2 Å². The lowest BCUT2D eigenvalue weighted by atomic mass is 10.2. The van der Waals surface area contributed by atoms with Crippen molar-refractivity contribution in [1.82, 2.24) is 5.32 Å². The molecule has 152 valence electrons. The first kappa shape index (κ1) is 20.5. The van der Waals surface area contributed by atoms with Gasteiger partial charge in [-0.25, -0.2) is 0 Å². The van der Waals surface area contributed by atoms with E-state index in [1.165, 1.54) is 23.9 Å². The zero-order chi connectivity index (χ0) is 20.1. The minimum atomic E-state index is -4.78. The van der Waals surface area contributed by atoms with Crippen LogP contribution in [0, 0.1) is 0 Å². The van der Waals surface area contributed by atoms with Crippen molar-refractivity contribution in [2.24, 2.45) is 4.99 Å². The van der Waals surface area contributed by atoms with Crippen molar-refractivity contribution in [3.05, 3.63) is 24.3 Å². The fraction of sp³-hybridized carbons (Fsp3) is 0.471. The molecule has 2 aliphatic rings. The van der Waals surface area contributed by atoms with Crippen molar-refractivity contribution in [3.63, 3.8) is 0 Å². The molecule has 0 unspecified atom stereocenters. The Balaban J connectivity index is 1.47. The number of carbonyl (C=O) groups is 2. The lowest BCUT2D eigenvalue weighted by Gasteiger charge is -2.10. The molecule has 2 N–H and O–H groups in total. The normalized spacial score (nSPS) is 23.7. The van der Waals surface area contributed by atoms with E-state index in [1.807, 2.05) is 0 Å². The molecule has 28 heavy (non-hydrogen) atoms. The number of carbonyl (C=O) groups excluding carboxylic acids is 2. The summed E-state index contributed by atoms with van der Waals surface area (Å²) in [5.74, 6) is -1.12. The largest absolute Gasteiger partial charge is 0.573 e. The van der Waals surface area contributed by atoms with Crippen LogP contribution < -0.4 is 15.4 Å². The highest BCUT2D eigenvalue weighted by Gasteiger charge is 2.33. The number of alkyl halides is 3. The monoisotopic (exact) mass is 417 g/mol. The summed E-state index contributed by atoms with van der Waals surface area (Å²) in [6, 6.07) is 4.76. The number of thioether (sulfide) groups is 1. The third-order valence-corrected chi connectivity index (χ3v) is 5.10. The maximum Gasteiger partial charge on any atom is 0.573 e. The number of hydrogen-bond donors (Lipinski definition) is 2. The first-order valence-corrected chi connectivity index (χ1v) is 9.46. The number of nitrogens with zero attached hydrogens (tertiary/aromatic N) is 1. The summed E-state index contributed by atoms with van der Waals surface area (Å²) in [7, 11) is 0. The lowest BCUT2D eigenvalue weighted by Crippen LogP contribution is -2.28. The number of amidine groups is 1. The molecule has 0 radical (unpaired) electrons. The number of amides is 2. The average molecular weight is 417 g/mol. The van der Waals surface area contributed by atoms with Gasteiger partial charge in [-0.2, -0.15) is 0 Å². The molecule has 7 nitrogen and oxygen atoms in total. The molecule has 0 aromatic heterocycles. The standard InChI is InChI=1S/C17H18F3N3O4S/c18-17(19,20)27-11-5-3-10(4-6-11)22-14(24)8-13-15(25)23-16(28-13)21-9-12-2-1-7-26-12/h3-6,12-13H,1-2,7-9H2,(H,22,24)(H,21,23,25)/t12-,13+/m0/s1. The Morgan fingerprint density at radius 1 is 1.36 bits per heavy atom. The number of benzene rings is 1. The number of aliphatic imine (C=N–C) groups is 1. The van der Waals surface area contributed by atoms with Crippen LogP contribution in [0.2, 0.25) is 0 Å². The zero-order valence-corrected chi connectivity index (χ0v) is 15.4. The maximum atomic E-state index is 12.1. The lowest BCUT2D eigenvalue weighted by molar-refractivity contribution is -0.274. The predicted molar refractivity (Wildman–Crippen MR) is 97.2 cm³/mol. The second kappa shape index (κ2) is 8.82. The molecule has 2 fully saturated rings. The summed E-state index contributed by atoms with van der Waals surface area (Å²) in [5.41, 5.74) is 0.301. The van der Waals surface area contributed by atoms with Crippen LogP contribution in [0.4, 0.5) is 18.9 Å². The average Bonchev–Trinajstić information content (AvgIpc) is 3.24. The summed E-state index contributed by atoms with van der Waals surface area (Å²) in [6.45, 7) is 1.19. The minimum Gasteiger partial charge on any atom is -0.406 e. The van der Waals surface area contributed by atoms with Crippen LogP contribution in [0.15, 0.2) is 29.3 Å². The Morgan fingerprint density at radius 2 is 2.11 bits per heavy atom. The van der Waals surface area contributed by atoms with E-state index in [0.29, 0.717) is 17.4 Å². The van der Waals surface area contributed by atoms with Gasteiger partial charge in [0.25, 0.3) is 0 Å². The number of halogens is 3. The minimum absolute atomic E-state index is 0.0663. The molecule has 3 rings (SSSR count). The third-order valence-electron chi connectivity index (χ3n) is 3.98. The summed E-state index contributed by atoms with van der Waals surface area (Å²) in [6.07, 6.45) is -2.86. The highest BCUT2D eigenvalue weighted by Crippen LogP contribution is 2.26. The van der Waals surface area contributed by atoms with E-state index in [1.54, 1.807) is 0 Å². The van der Waals surface area contributed by atoms with Crippen LogP contribution in [-0.2, 0) is 14.3 Å². The second-order valence-electron chi connectivity index (χ2n) is 6.20. The van der Waals surface area contributed by atoms with Crippen LogP contribution in [0.5, 0.6) is 5.75 Å². The Morgan fingerprint density at radius 3 is 2.75 bits per heavy atom. The molecule has 0 aliphatic carbocycles. The molecule has 2 amide bonds. The van der Waals surface area contributed by atoms with Crippen molar-refractivity contribution in [1.29, 1.82) is 0 Å². The van der Waals surface area contributed by atoms with Crippen molar-refractivity contribution < 1.29 is 32.2 Å². The summed E-state index contributed by atoms with van der Waals surface area (Å²) in [4.78, 5) is 28.4. The molecule has 2 aliphatic heterocycles. The third kappa shape index (κ3) is 6.13. The predicted octanol–water partition coefficient (Wildman–Crippen LogP) is 2.68. The van der Waals surface area contributed by atoms with Gasteiger partial charge < -0.3 is 20.1 Å². The molecule has 2 heterocycles. The SMILES string of the molecule is O=C(C[C@H]1SC(=NC[C@@H]2CCCO2)NC1=O)Nc1ccc(OC(F)(F)F)cc1. The Kier molecular flexibility index (Phi) is 6.45. The van der Waals surface area contributed by atoms with E-state index in [9.17, 15) is 22.8 Å². The van der Waals surface area contributed by atoms with Gasteiger partial charge in [0.2, 0.25) is 11.8 Å². The van der Waals surface area contributed by atoms with Gasteiger partial charge in [-0.15, -0.1) is 13.2 Å². The number of hydrogen-bond acceptors (Lipinski definition) is 6. The number of nitrogens with one attached hydrogen (secondary N) is 2. The molecule has 2 saturated heterocycles. The van der Waals surface area contributed by atoms with E-state index in [4.69, 9.17) is 4.74 Å². The molecule has 1 aromatic carbocycles. The molecule has 2 atom stereocenters. The second-order valence-corrected chi connectivity index (χ2v) is 7.39. The smallest absolute Gasteiger partial charge is 0.406 e. The van der Waals surface area contributed by atoms with Crippen molar-refractivity contribution >= 4 is 34.4 Å². The van der Waals surface area contributed by atoms with Gasteiger partial charge in [-0.3, -0.25) is 14.6 Å². The van der Waals surface area contributed by atoms with E-state index < -0.39 is 17.5 Å².